The lowest BCUT2D eigenvalue weighted by atomic mass is 10.1. The van der Waals surface area contributed by atoms with Crippen LogP contribution in [0.15, 0.2) is 36.0 Å². The molecule has 3 nitrogen and oxygen atoms in total. The minimum Gasteiger partial charge on any atom is -0.381 e. The lowest BCUT2D eigenvalue weighted by molar-refractivity contribution is -0.112. The summed E-state index contributed by atoms with van der Waals surface area (Å²) in [7, 11) is 0. The summed E-state index contributed by atoms with van der Waals surface area (Å²) >= 11 is 11.7. The summed E-state index contributed by atoms with van der Waals surface area (Å²) < 4.78 is 0. The molecule has 0 heterocycles. The third-order valence-corrected chi connectivity index (χ3v) is 2.83. The molecule has 5 heteroatoms. The molecule has 0 bridgehead atoms. The molecule has 0 radical (unpaired) electrons. The van der Waals surface area contributed by atoms with E-state index < -0.39 is 4.84 Å². The summed E-state index contributed by atoms with van der Waals surface area (Å²) in [4.78, 5) is 11.2. The van der Waals surface area contributed by atoms with Crippen molar-refractivity contribution in [2.24, 2.45) is 0 Å². The molecule has 0 atom stereocenters. The maximum absolute atomic E-state index is 12.0. The van der Waals surface area contributed by atoms with Crippen LogP contribution in [0.2, 0.25) is 0 Å². The van der Waals surface area contributed by atoms with Crippen LogP contribution in [0.5, 0.6) is 0 Å². The van der Waals surface area contributed by atoms with Gasteiger partial charge >= 0.3 is 0 Å². The molecular weight excluding hydrogens is 295 g/mol. The molecule has 0 aromatic heterocycles. The first-order chi connectivity index (χ1) is 9.17. The highest BCUT2D eigenvalue weighted by molar-refractivity contribution is 6.46. The van der Waals surface area contributed by atoms with Gasteiger partial charge in [-0.15, -0.1) is 0 Å². The molecule has 2 N–H and O–H groups in total. The average Bonchev–Trinajstić information content (AvgIpc) is 2.29. The summed E-state index contributed by atoms with van der Waals surface area (Å²) in [6, 6.07) is 7.55. The first-order valence-electron chi connectivity index (χ1n) is 6.33. The number of halogens is 2. The lowest BCUT2D eigenvalue weighted by Crippen LogP contribution is -2.37. The molecule has 1 rings (SSSR count). The molecule has 1 aromatic rings. The Morgan fingerprint density at radius 2 is 1.75 bits per heavy atom. The smallest absolute Gasteiger partial charge is 0.250 e. The van der Waals surface area contributed by atoms with Gasteiger partial charge in [-0.3, -0.25) is 4.79 Å². The van der Waals surface area contributed by atoms with Gasteiger partial charge in [0.15, 0.2) is 0 Å². The molecule has 0 unspecified atom stereocenters. The second-order valence-corrected chi connectivity index (χ2v) is 6.73. The lowest BCUT2D eigenvalue weighted by Gasteiger charge is -2.25. The minimum atomic E-state index is -0.780. The zero-order valence-corrected chi connectivity index (χ0v) is 13.6. The van der Waals surface area contributed by atoms with Gasteiger partial charge in [0.2, 0.25) is 5.91 Å². The van der Waals surface area contributed by atoms with Gasteiger partial charge in [0.25, 0.3) is 0 Å². The molecule has 110 valence electrons. The van der Waals surface area contributed by atoms with E-state index in [1.54, 1.807) is 0 Å². The third-order valence-electron chi connectivity index (χ3n) is 2.36. The number of hydrogen-bond donors (Lipinski definition) is 2. The van der Waals surface area contributed by atoms with E-state index in [4.69, 9.17) is 23.2 Å². The second-order valence-electron chi connectivity index (χ2n) is 5.63. The van der Waals surface area contributed by atoms with E-state index in [2.05, 4.69) is 10.6 Å². The van der Waals surface area contributed by atoms with E-state index >= 15 is 0 Å². The third kappa shape index (κ3) is 6.31. The minimum absolute atomic E-state index is 0.224. The normalized spacial score (nSPS) is 12.4. The molecule has 1 aromatic carbocycles. The molecule has 0 aliphatic heterocycles. The number of allylic oxidation sites excluding steroid dienone is 1. The molecule has 1 amide bonds. The number of anilines is 1. The fourth-order valence-corrected chi connectivity index (χ4v) is 1.78. The van der Waals surface area contributed by atoms with Gasteiger partial charge in [-0.25, -0.2) is 0 Å². The Bertz CT molecular complexity index is 488. The number of rotatable bonds is 4. The second kappa shape index (κ2) is 7.00. The average molecular weight is 315 g/mol. The van der Waals surface area contributed by atoms with Crippen molar-refractivity contribution in [2.45, 2.75) is 38.1 Å². The van der Waals surface area contributed by atoms with Crippen LogP contribution in [-0.2, 0) is 4.79 Å². The van der Waals surface area contributed by atoms with E-state index in [0.29, 0.717) is 5.70 Å². The van der Waals surface area contributed by atoms with Crippen LogP contribution in [0.1, 0.15) is 26.3 Å². The highest BCUT2D eigenvalue weighted by Crippen LogP contribution is 2.16. The summed E-state index contributed by atoms with van der Waals surface area (Å²) in [5, 5.41) is 5.89. The summed E-state index contributed by atoms with van der Waals surface area (Å²) in [6.45, 7) is 7.89. The van der Waals surface area contributed by atoms with E-state index in [-0.39, 0.29) is 11.4 Å². The van der Waals surface area contributed by atoms with Crippen LogP contribution in [0, 0.1) is 6.92 Å². The van der Waals surface area contributed by atoms with Gasteiger partial charge in [0.05, 0.1) is 5.70 Å². The highest BCUT2D eigenvalue weighted by Gasteiger charge is 2.17. The maximum Gasteiger partial charge on any atom is 0.250 e. The van der Waals surface area contributed by atoms with Crippen molar-refractivity contribution in [3.63, 3.8) is 0 Å². The quantitative estimate of drug-likeness (QED) is 0.651. The zero-order chi connectivity index (χ0) is 15.3. The standard InChI is InChI=1S/C15H20Cl2N2O/c1-10-5-7-11(8-6-10)18-13(20)9-12(14(16)17)19-15(2,3)4/h5-9,14,19H,1-4H3,(H,18,20)/b12-9+. The molecule has 0 aliphatic carbocycles. The van der Waals surface area contributed by atoms with E-state index in [0.717, 1.165) is 11.3 Å². The Hall–Kier alpha value is -1.19. The summed E-state index contributed by atoms with van der Waals surface area (Å²) in [5.41, 5.74) is 2.12. The van der Waals surface area contributed by atoms with Crippen LogP contribution in [0.4, 0.5) is 5.69 Å². The highest BCUT2D eigenvalue weighted by atomic mass is 35.5. The number of aryl methyl sites for hydroxylation is 1. The van der Waals surface area contributed by atoms with Crippen LogP contribution in [-0.4, -0.2) is 16.3 Å². The van der Waals surface area contributed by atoms with Crippen LogP contribution >= 0.6 is 23.2 Å². The number of alkyl halides is 2. The van der Waals surface area contributed by atoms with E-state index in [9.17, 15) is 4.79 Å². The molecule has 0 fully saturated rings. The molecule has 20 heavy (non-hydrogen) atoms. The van der Waals surface area contributed by atoms with Crippen molar-refractivity contribution in [3.8, 4) is 0 Å². The Kier molecular flexibility index (Phi) is 5.90. The van der Waals surface area contributed by atoms with Crippen molar-refractivity contribution >= 4 is 34.8 Å². The van der Waals surface area contributed by atoms with Crippen LogP contribution in [0.3, 0.4) is 0 Å². The van der Waals surface area contributed by atoms with Crippen LogP contribution < -0.4 is 10.6 Å². The fourth-order valence-electron chi connectivity index (χ4n) is 1.54. The van der Waals surface area contributed by atoms with Crippen molar-refractivity contribution in [3.05, 3.63) is 41.6 Å². The number of benzene rings is 1. The molecule has 0 aliphatic rings. The number of nitrogens with one attached hydrogen (secondary N) is 2. The number of amides is 1. The number of carbonyl (C=O) groups is 1. The van der Waals surface area contributed by atoms with Gasteiger partial charge in [0, 0.05) is 17.3 Å². The SMILES string of the molecule is Cc1ccc(NC(=O)/C=C(/NC(C)(C)C)C(Cl)Cl)cc1. The fraction of sp³-hybridized carbons (Fsp3) is 0.400. The predicted octanol–water partition coefficient (Wildman–Crippen LogP) is 4.01. The first kappa shape index (κ1) is 16.9. The Balaban J connectivity index is 2.78. The maximum atomic E-state index is 12.0. The van der Waals surface area contributed by atoms with Gasteiger partial charge in [-0.05, 0) is 39.8 Å². The van der Waals surface area contributed by atoms with E-state index in [1.165, 1.54) is 6.08 Å². The number of carbonyl (C=O) groups excluding carboxylic acids is 1. The Labute approximate surface area is 130 Å². The zero-order valence-electron chi connectivity index (χ0n) is 12.1. The monoisotopic (exact) mass is 314 g/mol. The van der Waals surface area contributed by atoms with Gasteiger partial charge < -0.3 is 10.6 Å². The van der Waals surface area contributed by atoms with Crippen molar-refractivity contribution in [1.82, 2.24) is 5.32 Å². The summed E-state index contributed by atoms with van der Waals surface area (Å²) in [5.74, 6) is -0.271. The molecule has 0 saturated heterocycles. The first-order valence-corrected chi connectivity index (χ1v) is 7.20. The van der Waals surface area contributed by atoms with Crippen LogP contribution in [0.25, 0.3) is 0 Å². The molecular formula is C15H20Cl2N2O. The van der Waals surface area contributed by atoms with Crippen molar-refractivity contribution in [2.75, 3.05) is 5.32 Å². The number of hydrogen-bond acceptors (Lipinski definition) is 2. The Morgan fingerprint density at radius 3 is 2.20 bits per heavy atom. The molecule has 0 spiro atoms. The van der Waals surface area contributed by atoms with Gasteiger partial charge in [0.1, 0.15) is 4.84 Å². The topological polar surface area (TPSA) is 41.1 Å². The molecule has 0 saturated carbocycles. The largest absolute Gasteiger partial charge is 0.381 e. The van der Waals surface area contributed by atoms with Gasteiger partial charge in [-0.1, -0.05) is 40.9 Å². The van der Waals surface area contributed by atoms with E-state index in [1.807, 2.05) is 52.0 Å². The summed E-state index contributed by atoms with van der Waals surface area (Å²) in [6.07, 6.45) is 1.38. The van der Waals surface area contributed by atoms with Gasteiger partial charge in [-0.2, -0.15) is 0 Å². The predicted molar refractivity (Wildman–Crippen MR) is 86.3 cm³/mol. The van der Waals surface area contributed by atoms with Crippen molar-refractivity contribution < 1.29 is 4.79 Å². The van der Waals surface area contributed by atoms with Crippen molar-refractivity contribution in [1.29, 1.82) is 0 Å². The Morgan fingerprint density at radius 1 is 1.20 bits per heavy atom.